The van der Waals surface area contributed by atoms with Gasteiger partial charge in [-0.2, -0.15) is 0 Å². The maximum atomic E-state index is 11.4. The molecule has 0 aliphatic carbocycles. The van der Waals surface area contributed by atoms with Gasteiger partial charge in [-0.3, -0.25) is 4.79 Å². The van der Waals surface area contributed by atoms with Gasteiger partial charge in [0.05, 0.1) is 0 Å². The van der Waals surface area contributed by atoms with Crippen molar-refractivity contribution in [2.75, 3.05) is 0 Å². The lowest BCUT2D eigenvalue weighted by Crippen LogP contribution is -1.93. The Morgan fingerprint density at radius 3 is 2.64 bits per heavy atom. The zero-order valence-corrected chi connectivity index (χ0v) is 9.36. The lowest BCUT2D eigenvalue weighted by atomic mass is 10.2. The Bertz CT molecular complexity index is 355. The Balaban J connectivity index is 2.85. The van der Waals surface area contributed by atoms with E-state index in [2.05, 4.69) is 13.5 Å². The highest BCUT2D eigenvalue weighted by atomic mass is 32.2. The lowest BCUT2D eigenvalue weighted by Gasteiger charge is -2.05. The van der Waals surface area contributed by atoms with Crippen LogP contribution < -0.4 is 0 Å². The lowest BCUT2D eigenvalue weighted by molar-refractivity contribution is -0.107. The third kappa shape index (κ3) is 2.74. The first-order valence-electron chi connectivity index (χ1n) is 4.60. The van der Waals surface area contributed by atoms with Gasteiger partial charge in [0.2, 0.25) is 5.12 Å². The van der Waals surface area contributed by atoms with Crippen LogP contribution in [0.4, 0.5) is 0 Å². The Morgan fingerprint density at radius 2 is 2.07 bits per heavy atom. The largest absolute Gasteiger partial charge is 0.282 e. The quantitative estimate of drug-likeness (QED) is 0.556. The van der Waals surface area contributed by atoms with Crippen LogP contribution >= 0.6 is 11.8 Å². The monoisotopic (exact) mass is 206 g/mol. The van der Waals surface area contributed by atoms with Gasteiger partial charge in [-0.15, -0.1) is 0 Å². The average Bonchev–Trinajstić information content (AvgIpc) is 2.18. The smallest absolute Gasteiger partial charge is 0.219 e. The minimum atomic E-state index is 0.0471. The molecule has 0 bridgehead atoms. The van der Waals surface area contributed by atoms with Gasteiger partial charge in [0, 0.05) is 4.90 Å². The number of carbonyl (C=O) groups excluding carboxylic acids is 1. The summed E-state index contributed by atoms with van der Waals surface area (Å²) in [4.78, 5) is 12.5. The summed E-state index contributed by atoms with van der Waals surface area (Å²) in [6, 6.07) is 7.97. The summed E-state index contributed by atoms with van der Waals surface area (Å²) in [6.07, 6.45) is 0.951. The van der Waals surface area contributed by atoms with Crippen molar-refractivity contribution in [1.29, 1.82) is 0 Å². The number of thioether (sulfide) groups is 1. The van der Waals surface area contributed by atoms with Gasteiger partial charge in [-0.1, -0.05) is 31.7 Å². The summed E-state index contributed by atoms with van der Waals surface area (Å²) >= 11 is 1.26. The molecule has 0 aromatic heterocycles. The molecule has 0 amide bonds. The topological polar surface area (TPSA) is 17.1 Å². The third-order valence-electron chi connectivity index (χ3n) is 1.90. The summed E-state index contributed by atoms with van der Waals surface area (Å²) in [5, 5.41) is 0.0471. The maximum absolute atomic E-state index is 11.4. The Morgan fingerprint density at radius 1 is 1.43 bits per heavy atom. The minimum absolute atomic E-state index is 0.0471. The fourth-order valence-electron chi connectivity index (χ4n) is 1.08. The van der Waals surface area contributed by atoms with Crippen LogP contribution in [0.15, 0.2) is 41.3 Å². The number of hydrogen-bond acceptors (Lipinski definition) is 2. The molecule has 0 radical (unpaired) electrons. The summed E-state index contributed by atoms with van der Waals surface area (Å²) in [5.74, 6) is 0. The molecule has 1 aromatic rings. The highest BCUT2D eigenvalue weighted by Crippen LogP contribution is 2.25. The van der Waals surface area contributed by atoms with E-state index in [4.69, 9.17) is 0 Å². The summed E-state index contributed by atoms with van der Waals surface area (Å²) in [7, 11) is 0. The van der Waals surface area contributed by atoms with Crippen LogP contribution in [0.5, 0.6) is 0 Å². The van der Waals surface area contributed by atoms with E-state index in [0.717, 1.165) is 11.3 Å². The molecule has 0 saturated carbocycles. The van der Waals surface area contributed by atoms with Crippen LogP contribution in [0, 0.1) is 0 Å². The van der Waals surface area contributed by atoms with E-state index in [1.807, 2.05) is 24.3 Å². The van der Waals surface area contributed by atoms with Crippen LogP contribution in [0.25, 0.3) is 0 Å². The molecule has 1 rings (SSSR count). The molecule has 0 fully saturated rings. The first kappa shape index (κ1) is 11.1. The second-order valence-electron chi connectivity index (χ2n) is 3.13. The van der Waals surface area contributed by atoms with Gasteiger partial charge < -0.3 is 0 Å². The van der Waals surface area contributed by atoms with Gasteiger partial charge in [0.15, 0.2) is 0 Å². The summed E-state index contributed by atoms with van der Waals surface area (Å²) < 4.78 is 0. The van der Waals surface area contributed by atoms with Crippen molar-refractivity contribution >= 4 is 16.9 Å². The molecule has 2 heteroatoms. The molecular formula is C12H14OS. The third-order valence-corrected chi connectivity index (χ3v) is 3.06. The predicted octanol–water partition coefficient (Wildman–Crippen LogP) is 3.44. The van der Waals surface area contributed by atoms with Crippen molar-refractivity contribution in [3.05, 3.63) is 42.0 Å². The van der Waals surface area contributed by atoms with Crippen LogP contribution in [0.2, 0.25) is 0 Å². The first-order chi connectivity index (χ1) is 6.65. The Hall–Kier alpha value is -1.02. The fourth-order valence-corrected chi connectivity index (χ4v) is 1.95. The van der Waals surface area contributed by atoms with E-state index in [-0.39, 0.29) is 5.12 Å². The molecule has 0 heterocycles. The molecule has 1 aromatic carbocycles. The van der Waals surface area contributed by atoms with E-state index in [1.54, 1.807) is 6.92 Å². The SMILES string of the molecule is C=C(C)C(=O)Sc1ccccc1CC. The number of aryl methyl sites for hydroxylation is 1. The number of hydrogen-bond donors (Lipinski definition) is 0. The molecule has 0 aliphatic rings. The molecule has 14 heavy (non-hydrogen) atoms. The molecule has 74 valence electrons. The van der Waals surface area contributed by atoms with Crippen molar-refractivity contribution in [1.82, 2.24) is 0 Å². The average molecular weight is 206 g/mol. The van der Waals surface area contributed by atoms with Gasteiger partial charge in [0.1, 0.15) is 0 Å². The minimum Gasteiger partial charge on any atom is -0.282 e. The highest BCUT2D eigenvalue weighted by molar-refractivity contribution is 8.14. The van der Waals surface area contributed by atoms with E-state index >= 15 is 0 Å². The summed E-state index contributed by atoms with van der Waals surface area (Å²) in [5.41, 5.74) is 1.81. The van der Waals surface area contributed by atoms with Gasteiger partial charge in [-0.05, 0) is 42.3 Å². The standard InChI is InChI=1S/C12H14OS/c1-4-10-7-5-6-8-11(10)14-12(13)9(2)3/h5-8H,2,4H2,1,3H3. The van der Waals surface area contributed by atoms with Crippen LogP contribution in [-0.2, 0) is 11.2 Å². The van der Waals surface area contributed by atoms with Gasteiger partial charge in [0.25, 0.3) is 0 Å². The molecule has 0 unspecified atom stereocenters. The van der Waals surface area contributed by atoms with Gasteiger partial charge in [-0.25, -0.2) is 0 Å². The maximum Gasteiger partial charge on any atom is 0.219 e. The van der Waals surface area contributed by atoms with E-state index in [9.17, 15) is 4.79 Å². The molecule has 0 saturated heterocycles. The number of rotatable bonds is 3. The van der Waals surface area contributed by atoms with Crippen molar-refractivity contribution < 1.29 is 4.79 Å². The Labute approximate surface area is 89.2 Å². The molecule has 0 atom stereocenters. The zero-order chi connectivity index (χ0) is 10.6. The van der Waals surface area contributed by atoms with Crippen molar-refractivity contribution in [3.63, 3.8) is 0 Å². The van der Waals surface area contributed by atoms with E-state index in [1.165, 1.54) is 17.3 Å². The fraction of sp³-hybridized carbons (Fsp3) is 0.250. The normalized spacial score (nSPS) is 9.86. The second kappa shape index (κ2) is 5.01. The van der Waals surface area contributed by atoms with Crippen LogP contribution in [-0.4, -0.2) is 5.12 Å². The van der Waals surface area contributed by atoms with Gasteiger partial charge >= 0.3 is 0 Å². The molecular weight excluding hydrogens is 192 g/mol. The second-order valence-corrected chi connectivity index (χ2v) is 4.15. The predicted molar refractivity (Wildman–Crippen MR) is 61.5 cm³/mol. The highest BCUT2D eigenvalue weighted by Gasteiger charge is 2.07. The van der Waals surface area contributed by atoms with Crippen molar-refractivity contribution in [3.8, 4) is 0 Å². The molecule has 0 N–H and O–H groups in total. The Kier molecular flexibility index (Phi) is 3.96. The number of benzene rings is 1. The van der Waals surface area contributed by atoms with E-state index < -0.39 is 0 Å². The van der Waals surface area contributed by atoms with Crippen molar-refractivity contribution in [2.45, 2.75) is 25.2 Å². The number of carbonyl (C=O) groups is 1. The van der Waals surface area contributed by atoms with Crippen LogP contribution in [0.3, 0.4) is 0 Å². The van der Waals surface area contributed by atoms with Crippen molar-refractivity contribution in [2.24, 2.45) is 0 Å². The first-order valence-corrected chi connectivity index (χ1v) is 5.42. The molecule has 1 nitrogen and oxygen atoms in total. The molecule has 0 spiro atoms. The van der Waals surface area contributed by atoms with E-state index in [0.29, 0.717) is 5.57 Å². The zero-order valence-electron chi connectivity index (χ0n) is 8.54. The van der Waals surface area contributed by atoms with Crippen LogP contribution in [0.1, 0.15) is 19.4 Å². The molecule has 0 aliphatic heterocycles. The summed E-state index contributed by atoms with van der Waals surface area (Å²) in [6.45, 7) is 7.46.